The summed E-state index contributed by atoms with van der Waals surface area (Å²) in [5, 5.41) is 0. The largest absolute Gasteiger partial charge is 0.439 e. The van der Waals surface area contributed by atoms with Gasteiger partial charge in [0.15, 0.2) is 5.58 Å². The normalized spacial score (nSPS) is 15.8. The second-order valence-electron chi connectivity index (χ2n) is 6.89. The van der Waals surface area contributed by atoms with Crippen LogP contribution in [0.4, 0.5) is 4.39 Å². The summed E-state index contributed by atoms with van der Waals surface area (Å²) in [5.74, 6) is 0.517. The zero-order chi connectivity index (χ0) is 18.6. The number of rotatable bonds is 4. The van der Waals surface area contributed by atoms with Crippen molar-refractivity contribution < 1.29 is 13.6 Å². The van der Waals surface area contributed by atoms with Crippen molar-refractivity contribution in [1.82, 2.24) is 14.8 Å². The third kappa shape index (κ3) is 4.34. The summed E-state index contributed by atoms with van der Waals surface area (Å²) in [7, 11) is 0. The summed E-state index contributed by atoms with van der Waals surface area (Å²) in [4.78, 5) is 21.3. The first-order valence-electron chi connectivity index (χ1n) is 9.26. The molecule has 0 spiro atoms. The molecule has 0 aliphatic carbocycles. The van der Waals surface area contributed by atoms with Crippen LogP contribution < -0.4 is 0 Å². The minimum Gasteiger partial charge on any atom is -0.439 e. The van der Waals surface area contributed by atoms with Gasteiger partial charge >= 0.3 is 0 Å². The predicted octanol–water partition coefficient (Wildman–Crippen LogP) is 3.24. The second kappa shape index (κ2) is 7.88. The molecule has 140 valence electrons. The van der Waals surface area contributed by atoms with Crippen molar-refractivity contribution in [2.45, 2.75) is 19.4 Å². The Morgan fingerprint density at radius 1 is 1.04 bits per heavy atom. The molecule has 1 aromatic heterocycles. The molecule has 1 amide bonds. The highest BCUT2D eigenvalue weighted by atomic mass is 19.1. The van der Waals surface area contributed by atoms with E-state index in [1.54, 1.807) is 12.1 Å². The number of fused-ring (bicyclic) bond motifs is 1. The molecular formula is C21H22FN3O2. The van der Waals surface area contributed by atoms with Gasteiger partial charge in [0.25, 0.3) is 0 Å². The zero-order valence-electron chi connectivity index (χ0n) is 15.1. The number of amides is 1. The van der Waals surface area contributed by atoms with Crippen molar-refractivity contribution in [2.24, 2.45) is 0 Å². The molecule has 1 aliphatic rings. The molecule has 0 saturated carbocycles. The highest BCUT2D eigenvalue weighted by molar-refractivity contribution is 5.78. The van der Waals surface area contributed by atoms with E-state index in [9.17, 15) is 9.18 Å². The highest BCUT2D eigenvalue weighted by Gasteiger charge is 2.20. The van der Waals surface area contributed by atoms with Crippen LogP contribution in [0.25, 0.3) is 11.1 Å². The van der Waals surface area contributed by atoms with Crippen molar-refractivity contribution in [3.63, 3.8) is 0 Å². The number of carbonyl (C=O) groups excluding carboxylic acids is 1. The summed E-state index contributed by atoms with van der Waals surface area (Å²) in [6.07, 6.45) is 1.22. The average molecular weight is 367 g/mol. The lowest BCUT2D eigenvalue weighted by Crippen LogP contribution is -2.36. The number of benzene rings is 2. The Labute approximate surface area is 157 Å². The van der Waals surface area contributed by atoms with E-state index in [0.29, 0.717) is 25.4 Å². The fourth-order valence-electron chi connectivity index (χ4n) is 3.45. The molecule has 6 heteroatoms. The number of hydrogen-bond acceptors (Lipinski definition) is 4. The van der Waals surface area contributed by atoms with Gasteiger partial charge in [-0.25, -0.2) is 9.37 Å². The van der Waals surface area contributed by atoms with Crippen LogP contribution in [-0.4, -0.2) is 46.9 Å². The summed E-state index contributed by atoms with van der Waals surface area (Å²) in [6.45, 7) is 3.76. The van der Waals surface area contributed by atoms with E-state index < -0.39 is 0 Å². The molecule has 27 heavy (non-hydrogen) atoms. The highest BCUT2D eigenvalue weighted by Crippen LogP contribution is 2.17. The van der Waals surface area contributed by atoms with Crippen molar-refractivity contribution >= 4 is 17.0 Å². The van der Waals surface area contributed by atoms with E-state index in [1.807, 2.05) is 29.2 Å². The van der Waals surface area contributed by atoms with Gasteiger partial charge in [-0.3, -0.25) is 9.69 Å². The molecule has 1 fully saturated rings. The van der Waals surface area contributed by atoms with Crippen LogP contribution in [-0.2, 0) is 17.8 Å². The Balaban J connectivity index is 1.34. The molecule has 3 aromatic rings. The van der Waals surface area contributed by atoms with E-state index >= 15 is 0 Å². The lowest BCUT2D eigenvalue weighted by Gasteiger charge is -2.21. The number of hydrogen-bond donors (Lipinski definition) is 0. The van der Waals surface area contributed by atoms with Crippen molar-refractivity contribution in [2.75, 3.05) is 26.2 Å². The van der Waals surface area contributed by atoms with Crippen LogP contribution in [0.5, 0.6) is 0 Å². The Bertz CT molecular complexity index is 890. The van der Waals surface area contributed by atoms with Gasteiger partial charge in [-0.2, -0.15) is 0 Å². The molecule has 5 nitrogen and oxygen atoms in total. The number of nitrogens with zero attached hydrogens (tertiary/aromatic N) is 3. The van der Waals surface area contributed by atoms with Gasteiger partial charge in [0.2, 0.25) is 11.8 Å². The Morgan fingerprint density at radius 3 is 2.67 bits per heavy atom. The van der Waals surface area contributed by atoms with Gasteiger partial charge in [-0.15, -0.1) is 0 Å². The maximum Gasteiger partial charge on any atom is 0.227 e. The van der Waals surface area contributed by atoms with E-state index in [0.717, 1.165) is 42.7 Å². The van der Waals surface area contributed by atoms with Crippen LogP contribution in [0.2, 0.25) is 0 Å². The molecule has 0 atom stereocenters. The van der Waals surface area contributed by atoms with E-state index in [2.05, 4.69) is 9.88 Å². The van der Waals surface area contributed by atoms with Crippen LogP contribution in [0.3, 0.4) is 0 Å². The van der Waals surface area contributed by atoms with Crippen molar-refractivity contribution in [3.05, 3.63) is 65.8 Å². The Hall–Kier alpha value is -2.73. The lowest BCUT2D eigenvalue weighted by molar-refractivity contribution is -0.130. The maximum absolute atomic E-state index is 13.0. The summed E-state index contributed by atoms with van der Waals surface area (Å²) in [5.41, 5.74) is 2.52. The van der Waals surface area contributed by atoms with Gasteiger partial charge in [0.05, 0.1) is 13.0 Å². The molecule has 0 N–H and O–H groups in total. The van der Waals surface area contributed by atoms with Crippen LogP contribution in [0.1, 0.15) is 17.9 Å². The average Bonchev–Trinajstić information content (AvgIpc) is 2.93. The summed E-state index contributed by atoms with van der Waals surface area (Å²) < 4.78 is 18.8. The van der Waals surface area contributed by atoms with Crippen LogP contribution in [0.15, 0.2) is 52.9 Å². The number of halogens is 1. The van der Waals surface area contributed by atoms with E-state index in [-0.39, 0.29) is 11.7 Å². The van der Waals surface area contributed by atoms with Crippen molar-refractivity contribution in [3.8, 4) is 0 Å². The quantitative estimate of drug-likeness (QED) is 0.710. The van der Waals surface area contributed by atoms with Crippen LogP contribution >= 0.6 is 0 Å². The first-order valence-corrected chi connectivity index (χ1v) is 9.26. The van der Waals surface area contributed by atoms with Gasteiger partial charge in [0.1, 0.15) is 11.3 Å². The molecule has 4 rings (SSSR count). The van der Waals surface area contributed by atoms with Gasteiger partial charge < -0.3 is 9.32 Å². The Morgan fingerprint density at radius 2 is 1.85 bits per heavy atom. The third-order valence-corrected chi connectivity index (χ3v) is 4.91. The molecule has 0 unspecified atom stereocenters. The van der Waals surface area contributed by atoms with E-state index in [1.165, 1.54) is 12.1 Å². The lowest BCUT2D eigenvalue weighted by atomic mass is 10.1. The molecule has 1 saturated heterocycles. The minimum atomic E-state index is -0.282. The Kier molecular flexibility index (Phi) is 5.16. The number of carbonyl (C=O) groups is 1. The molecule has 2 heterocycles. The molecule has 1 aliphatic heterocycles. The number of aromatic nitrogens is 1. The first kappa shape index (κ1) is 17.7. The summed E-state index contributed by atoms with van der Waals surface area (Å²) >= 11 is 0. The first-order chi connectivity index (χ1) is 13.2. The second-order valence-corrected chi connectivity index (χ2v) is 6.89. The fraction of sp³-hybridized carbons (Fsp3) is 0.333. The summed E-state index contributed by atoms with van der Waals surface area (Å²) in [6, 6.07) is 13.9. The molecular weight excluding hydrogens is 345 g/mol. The number of oxazole rings is 1. The fourth-order valence-corrected chi connectivity index (χ4v) is 3.45. The SMILES string of the molecule is O=C(Cc1ccc(F)cc1)N1CCCN(Cc2nc3ccccc3o2)CC1. The van der Waals surface area contributed by atoms with Crippen LogP contribution in [0, 0.1) is 5.82 Å². The topological polar surface area (TPSA) is 49.6 Å². The van der Waals surface area contributed by atoms with Gasteiger partial charge in [0, 0.05) is 26.2 Å². The number of para-hydroxylation sites is 2. The third-order valence-electron chi connectivity index (χ3n) is 4.91. The monoisotopic (exact) mass is 367 g/mol. The predicted molar refractivity (Wildman–Crippen MR) is 101 cm³/mol. The standard InChI is InChI=1S/C21H22FN3O2/c22-17-8-6-16(7-9-17)14-21(26)25-11-3-10-24(12-13-25)15-20-23-18-4-1-2-5-19(18)27-20/h1-2,4-9H,3,10-15H2. The molecule has 2 aromatic carbocycles. The van der Waals surface area contributed by atoms with Gasteiger partial charge in [-0.05, 0) is 36.2 Å². The zero-order valence-corrected chi connectivity index (χ0v) is 15.1. The molecule has 0 bridgehead atoms. The van der Waals surface area contributed by atoms with E-state index in [4.69, 9.17) is 4.42 Å². The maximum atomic E-state index is 13.0. The van der Waals surface area contributed by atoms with Gasteiger partial charge in [-0.1, -0.05) is 24.3 Å². The smallest absolute Gasteiger partial charge is 0.227 e. The minimum absolute atomic E-state index is 0.0883. The molecule has 0 radical (unpaired) electrons. The van der Waals surface area contributed by atoms with Crippen molar-refractivity contribution in [1.29, 1.82) is 0 Å².